The lowest BCUT2D eigenvalue weighted by atomic mass is 10.3. The molecule has 7 nitrogen and oxygen atoms in total. The number of alkyl halides is 3. The van der Waals surface area contributed by atoms with Crippen LogP contribution in [0.1, 0.15) is 24.5 Å². The van der Waals surface area contributed by atoms with Crippen molar-refractivity contribution in [3.63, 3.8) is 0 Å². The van der Waals surface area contributed by atoms with Crippen LogP contribution in [0.4, 0.5) is 18.9 Å². The molecule has 11 heteroatoms. The number of nitrogens with one attached hydrogen (secondary N) is 3. The number of anilines is 1. The summed E-state index contributed by atoms with van der Waals surface area (Å²) in [5.74, 6) is 0.882. The maximum absolute atomic E-state index is 12.6. The minimum absolute atomic E-state index is 0.0374. The van der Waals surface area contributed by atoms with Gasteiger partial charge in [-0.2, -0.15) is 13.2 Å². The zero-order valence-corrected chi connectivity index (χ0v) is 16.8. The van der Waals surface area contributed by atoms with Gasteiger partial charge in [-0.3, -0.25) is 4.79 Å². The molecule has 0 saturated heterocycles. The van der Waals surface area contributed by atoms with E-state index in [1.807, 2.05) is 6.92 Å². The molecule has 1 amide bonds. The third-order valence-electron chi connectivity index (χ3n) is 3.38. The summed E-state index contributed by atoms with van der Waals surface area (Å²) < 4.78 is 43.4. The Morgan fingerprint density at radius 2 is 2.10 bits per heavy atom. The van der Waals surface area contributed by atoms with Crippen LogP contribution in [0.15, 0.2) is 34.6 Å². The molecule has 0 saturated carbocycles. The SMILES string of the molecule is CCNC(=NCc1nc(C(F)(F)F)cs1)NCCOc1cccc(NC(C)=O)c1. The van der Waals surface area contributed by atoms with Crippen molar-refractivity contribution >= 4 is 28.9 Å². The molecular weight excluding hydrogens is 407 g/mol. The number of aliphatic imine (C=N–C) groups is 1. The van der Waals surface area contributed by atoms with E-state index in [0.29, 0.717) is 37.1 Å². The van der Waals surface area contributed by atoms with Gasteiger partial charge in [0.05, 0.1) is 13.1 Å². The lowest BCUT2D eigenvalue weighted by Gasteiger charge is -2.12. The van der Waals surface area contributed by atoms with Gasteiger partial charge >= 0.3 is 6.18 Å². The minimum atomic E-state index is -4.45. The highest BCUT2D eigenvalue weighted by molar-refractivity contribution is 7.09. The lowest BCUT2D eigenvalue weighted by molar-refractivity contribution is -0.140. The first-order valence-corrected chi connectivity index (χ1v) is 9.70. The number of amides is 1. The minimum Gasteiger partial charge on any atom is -0.492 e. The summed E-state index contributed by atoms with van der Waals surface area (Å²) >= 11 is 0.919. The van der Waals surface area contributed by atoms with Crippen molar-refractivity contribution in [2.45, 2.75) is 26.6 Å². The van der Waals surface area contributed by atoms with Gasteiger partial charge in [-0.15, -0.1) is 11.3 Å². The molecular formula is C18H22F3N5O2S. The largest absolute Gasteiger partial charge is 0.492 e. The molecule has 0 aliphatic rings. The van der Waals surface area contributed by atoms with Crippen LogP contribution in [0.3, 0.4) is 0 Å². The molecule has 0 fully saturated rings. The van der Waals surface area contributed by atoms with E-state index < -0.39 is 11.9 Å². The second-order valence-corrected chi connectivity index (χ2v) is 6.75. The van der Waals surface area contributed by atoms with E-state index in [1.54, 1.807) is 24.3 Å². The van der Waals surface area contributed by atoms with Crippen LogP contribution in [0.25, 0.3) is 0 Å². The average Bonchev–Trinajstić information content (AvgIpc) is 3.12. The Labute approximate surface area is 170 Å². The topological polar surface area (TPSA) is 87.6 Å². The zero-order chi connectivity index (χ0) is 21.3. The molecule has 0 spiro atoms. The van der Waals surface area contributed by atoms with Crippen LogP contribution in [0.2, 0.25) is 0 Å². The van der Waals surface area contributed by atoms with Crippen molar-refractivity contribution in [1.29, 1.82) is 0 Å². The van der Waals surface area contributed by atoms with E-state index in [0.717, 1.165) is 16.7 Å². The molecule has 0 bridgehead atoms. The van der Waals surface area contributed by atoms with E-state index in [-0.39, 0.29) is 17.5 Å². The van der Waals surface area contributed by atoms with Crippen LogP contribution in [-0.2, 0) is 17.5 Å². The second kappa shape index (κ2) is 10.6. The number of ether oxygens (including phenoxy) is 1. The second-order valence-electron chi connectivity index (χ2n) is 5.80. The normalized spacial score (nSPS) is 11.8. The fourth-order valence-electron chi connectivity index (χ4n) is 2.21. The molecule has 0 aliphatic heterocycles. The Morgan fingerprint density at radius 1 is 1.31 bits per heavy atom. The first-order valence-electron chi connectivity index (χ1n) is 8.82. The van der Waals surface area contributed by atoms with Crippen LogP contribution in [0, 0.1) is 0 Å². The average molecular weight is 429 g/mol. The highest BCUT2D eigenvalue weighted by Gasteiger charge is 2.33. The Morgan fingerprint density at radius 3 is 2.76 bits per heavy atom. The maximum atomic E-state index is 12.6. The lowest BCUT2D eigenvalue weighted by Crippen LogP contribution is -2.39. The molecule has 1 aromatic heterocycles. The number of carbonyl (C=O) groups excluding carboxylic acids is 1. The molecule has 29 heavy (non-hydrogen) atoms. The maximum Gasteiger partial charge on any atom is 0.434 e. The fraction of sp³-hybridized carbons (Fsp3) is 0.389. The number of thiazole rings is 1. The van der Waals surface area contributed by atoms with Gasteiger partial charge in [-0.25, -0.2) is 9.98 Å². The number of rotatable bonds is 8. The highest BCUT2D eigenvalue weighted by Crippen LogP contribution is 2.30. The Kier molecular flexibility index (Phi) is 8.25. The van der Waals surface area contributed by atoms with Crippen molar-refractivity contribution in [2.75, 3.05) is 25.0 Å². The van der Waals surface area contributed by atoms with E-state index in [2.05, 4.69) is 25.9 Å². The molecule has 2 aromatic rings. The molecule has 2 rings (SSSR count). The van der Waals surface area contributed by atoms with Crippen molar-refractivity contribution in [3.8, 4) is 5.75 Å². The van der Waals surface area contributed by atoms with Gasteiger partial charge in [-0.05, 0) is 19.1 Å². The van der Waals surface area contributed by atoms with E-state index in [9.17, 15) is 18.0 Å². The summed E-state index contributed by atoms with van der Waals surface area (Å²) in [7, 11) is 0. The summed E-state index contributed by atoms with van der Waals surface area (Å²) in [6.07, 6.45) is -4.45. The van der Waals surface area contributed by atoms with Gasteiger partial charge in [0.25, 0.3) is 0 Å². The van der Waals surface area contributed by atoms with Gasteiger partial charge in [0.15, 0.2) is 11.7 Å². The summed E-state index contributed by atoms with van der Waals surface area (Å²) in [5.41, 5.74) is -0.264. The number of hydrogen-bond acceptors (Lipinski definition) is 5. The summed E-state index contributed by atoms with van der Waals surface area (Å²) in [6.45, 7) is 4.68. The number of nitrogens with zero attached hydrogens (tertiary/aromatic N) is 2. The summed E-state index contributed by atoms with van der Waals surface area (Å²) in [6, 6.07) is 7.00. The fourth-order valence-corrected chi connectivity index (χ4v) is 2.93. The smallest absolute Gasteiger partial charge is 0.434 e. The van der Waals surface area contributed by atoms with Gasteiger partial charge < -0.3 is 20.7 Å². The van der Waals surface area contributed by atoms with Crippen LogP contribution >= 0.6 is 11.3 Å². The van der Waals surface area contributed by atoms with Crippen molar-refractivity contribution in [3.05, 3.63) is 40.3 Å². The standard InChI is InChI=1S/C18H22F3N5O2S/c1-3-22-17(24-10-16-26-15(11-29-16)18(19,20)21)23-7-8-28-14-6-4-5-13(9-14)25-12(2)27/h4-6,9,11H,3,7-8,10H2,1-2H3,(H,25,27)(H2,22,23,24). The number of benzene rings is 1. The van der Waals surface area contributed by atoms with E-state index in [4.69, 9.17) is 4.74 Å². The zero-order valence-electron chi connectivity index (χ0n) is 16.0. The molecule has 3 N–H and O–H groups in total. The molecule has 1 aromatic carbocycles. The molecule has 0 unspecified atom stereocenters. The number of aromatic nitrogens is 1. The van der Waals surface area contributed by atoms with Gasteiger partial charge in [0, 0.05) is 30.6 Å². The van der Waals surface area contributed by atoms with E-state index in [1.165, 1.54) is 6.92 Å². The quantitative estimate of drug-likeness (QED) is 0.341. The van der Waals surface area contributed by atoms with Crippen LogP contribution in [-0.4, -0.2) is 36.5 Å². The highest BCUT2D eigenvalue weighted by atomic mass is 32.1. The van der Waals surface area contributed by atoms with Crippen molar-refractivity contribution < 1.29 is 22.7 Å². The number of guanidine groups is 1. The monoisotopic (exact) mass is 429 g/mol. The first-order chi connectivity index (χ1) is 13.8. The third-order valence-corrected chi connectivity index (χ3v) is 4.21. The van der Waals surface area contributed by atoms with Crippen molar-refractivity contribution in [2.24, 2.45) is 4.99 Å². The van der Waals surface area contributed by atoms with Crippen LogP contribution < -0.4 is 20.7 Å². The number of hydrogen-bond donors (Lipinski definition) is 3. The van der Waals surface area contributed by atoms with Gasteiger partial charge in [-0.1, -0.05) is 6.07 Å². The molecule has 158 valence electrons. The predicted octanol–water partition coefficient (Wildman–Crippen LogP) is 3.25. The number of halogens is 3. The predicted molar refractivity (Wildman–Crippen MR) is 106 cm³/mol. The van der Waals surface area contributed by atoms with Crippen LogP contribution in [0.5, 0.6) is 5.75 Å². The molecule has 0 radical (unpaired) electrons. The number of carbonyl (C=O) groups is 1. The molecule has 0 atom stereocenters. The van der Waals surface area contributed by atoms with E-state index >= 15 is 0 Å². The molecule has 1 heterocycles. The van der Waals surface area contributed by atoms with Crippen molar-refractivity contribution in [1.82, 2.24) is 15.6 Å². The Balaban J connectivity index is 1.84. The Bertz CT molecular complexity index is 839. The summed E-state index contributed by atoms with van der Waals surface area (Å²) in [5, 5.41) is 9.99. The first kappa shape index (κ1) is 22.5. The summed E-state index contributed by atoms with van der Waals surface area (Å²) in [4.78, 5) is 18.9. The van der Waals surface area contributed by atoms with Gasteiger partial charge in [0.2, 0.25) is 5.91 Å². The van der Waals surface area contributed by atoms with Gasteiger partial charge in [0.1, 0.15) is 17.4 Å². The Hall–Kier alpha value is -2.82. The molecule has 0 aliphatic carbocycles. The third kappa shape index (κ3) is 7.98.